The highest BCUT2D eigenvalue weighted by molar-refractivity contribution is 7.71. The van der Waals surface area contributed by atoms with Crippen molar-refractivity contribution in [2.24, 2.45) is 7.05 Å². The lowest BCUT2D eigenvalue weighted by molar-refractivity contribution is -0.917. The summed E-state index contributed by atoms with van der Waals surface area (Å²) in [5, 5.41) is 4.67. The van der Waals surface area contributed by atoms with Gasteiger partial charge in [-0.05, 0) is 36.5 Å². The van der Waals surface area contributed by atoms with E-state index in [1.165, 1.54) is 9.78 Å². The minimum Gasteiger partial charge on any atom is -0.314 e. The molecule has 0 aliphatic rings. The fourth-order valence-corrected chi connectivity index (χ4v) is 3.79. The predicted octanol–water partition coefficient (Wildman–Crippen LogP) is 2.40. The first kappa shape index (κ1) is 16.3. The first-order valence-corrected chi connectivity index (χ1v) is 8.74. The number of hydrogen-bond donors (Lipinski definition) is 1. The summed E-state index contributed by atoms with van der Waals surface area (Å²) in [5.74, 6) is 0.851. The number of rotatable bonds is 5. The van der Waals surface area contributed by atoms with Crippen LogP contribution in [-0.2, 0) is 20.3 Å². The summed E-state index contributed by atoms with van der Waals surface area (Å²) in [5.41, 5.74) is 1.01. The monoisotopic (exact) mass is 366 g/mol. The Morgan fingerprint density at radius 3 is 2.65 bits per heavy atom. The first-order valence-electron chi connectivity index (χ1n) is 7.14. The summed E-state index contributed by atoms with van der Waals surface area (Å²) in [6.07, 6.45) is 3.52. The van der Waals surface area contributed by atoms with Crippen LogP contribution < -0.4 is 4.90 Å². The van der Waals surface area contributed by atoms with Crippen molar-refractivity contribution in [2.75, 3.05) is 7.05 Å². The SMILES string of the molecule is Cn1c(-c2ccncc2)nn(C[NH+](C)Cc2ccc(Cl)s2)c1=S. The van der Waals surface area contributed by atoms with Crippen LogP contribution in [0.2, 0.25) is 4.34 Å². The predicted molar refractivity (Wildman–Crippen MR) is 95.2 cm³/mol. The molecule has 3 aromatic rings. The van der Waals surface area contributed by atoms with Gasteiger partial charge in [0.2, 0.25) is 4.77 Å². The number of nitrogens with one attached hydrogen (secondary N) is 1. The van der Waals surface area contributed by atoms with Gasteiger partial charge in [-0.15, -0.1) is 16.4 Å². The second-order valence-electron chi connectivity index (χ2n) is 5.40. The standard InChI is InChI=1S/C15H16ClN5S2/c1-19(9-12-3-4-13(16)23-12)10-21-15(22)20(2)14(18-21)11-5-7-17-8-6-11/h3-8H,9-10H2,1-2H3/p+1. The highest BCUT2D eigenvalue weighted by Crippen LogP contribution is 2.20. The third kappa shape index (κ3) is 3.69. The molecule has 1 atom stereocenters. The fraction of sp³-hybridized carbons (Fsp3) is 0.267. The molecule has 0 aromatic carbocycles. The number of pyridine rings is 1. The third-order valence-electron chi connectivity index (χ3n) is 3.50. The molecule has 120 valence electrons. The van der Waals surface area contributed by atoms with Gasteiger partial charge < -0.3 is 9.47 Å². The number of nitrogens with zero attached hydrogens (tertiary/aromatic N) is 4. The van der Waals surface area contributed by atoms with Crippen molar-refractivity contribution in [1.29, 1.82) is 0 Å². The van der Waals surface area contributed by atoms with Crippen molar-refractivity contribution in [3.05, 3.63) is 50.6 Å². The zero-order valence-electron chi connectivity index (χ0n) is 12.9. The van der Waals surface area contributed by atoms with Gasteiger partial charge >= 0.3 is 0 Å². The van der Waals surface area contributed by atoms with Crippen LogP contribution in [0.3, 0.4) is 0 Å². The molecule has 23 heavy (non-hydrogen) atoms. The Labute approximate surface area is 148 Å². The van der Waals surface area contributed by atoms with Crippen LogP contribution in [0.4, 0.5) is 0 Å². The lowest BCUT2D eigenvalue weighted by atomic mass is 10.2. The van der Waals surface area contributed by atoms with E-state index in [0.29, 0.717) is 11.4 Å². The Kier molecular flexibility index (Phi) is 4.91. The minimum absolute atomic E-state index is 0.702. The van der Waals surface area contributed by atoms with Gasteiger partial charge in [-0.3, -0.25) is 4.98 Å². The fourth-order valence-electron chi connectivity index (χ4n) is 2.40. The van der Waals surface area contributed by atoms with Gasteiger partial charge in [-0.25, -0.2) is 0 Å². The van der Waals surface area contributed by atoms with Crippen LogP contribution in [-0.4, -0.2) is 26.4 Å². The molecular weight excluding hydrogens is 350 g/mol. The van der Waals surface area contributed by atoms with Crippen molar-refractivity contribution in [3.8, 4) is 11.4 Å². The Morgan fingerprint density at radius 2 is 2.00 bits per heavy atom. The van der Waals surface area contributed by atoms with E-state index in [0.717, 1.165) is 22.3 Å². The number of halogens is 1. The number of aromatic nitrogens is 4. The normalized spacial score (nSPS) is 12.5. The largest absolute Gasteiger partial charge is 0.314 e. The second-order valence-corrected chi connectivity index (χ2v) is 7.56. The van der Waals surface area contributed by atoms with Crippen LogP contribution in [0, 0.1) is 4.77 Å². The molecule has 0 aliphatic heterocycles. The molecule has 3 aromatic heterocycles. The number of thiophene rings is 1. The van der Waals surface area contributed by atoms with Crippen LogP contribution >= 0.6 is 35.2 Å². The highest BCUT2D eigenvalue weighted by atomic mass is 35.5. The lowest BCUT2D eigenvalue weighted by Crippen LogP contribution is -3.06. The van der Waals surface area contributed by atoms with E-state index in [-0.39, 0.29) is 0 Å². The number of hydrogen-bond acceptors (Lipinski definition) is 4. The van der Waals surface area contributed by atoms with E-state index in [4.69, 9.17) is 23.8 Å². The highest BCUT2D eigenvalue weighted by Gasteiger charge is 2.13. The minimum atomic E-state index is 0.702. The van der Waals surface area contributed by atoms with Gasteiger partial charge in [0, 0.05) is 25.0 Å². The van der Waals surface area contributed by atoms with E-state index in [2.05, 4.69) is 23.2 Å². The molecular formula is C15H17ClN5S2+. The Bertz CT molecular complexity index is 852. The molecule has 3 rings (SSSR count). The molecule has 3 heterocycles. The van der Waals surface area contributed by atoms with Gasteiger partial charge in [0.15, 0.2) is 12.5 Å². The van der Waals surface area contributed by atoms with Gasteiger partial charge in [-0.1, -0.05) is 11.6 Å². The van der Waals surface area contributed by atoms with E-state index in [9.17, 15) is 0 Å². The van der Waals surface area contributed by atoms with Crippen molar-refractivity contribution in [1.82, 2.24) is 19.3 Å². The summed E-state index contributed by atoms with van der Waals surface area (Å²) in [7, 11) is 4.06. The summed E-state index contributed by atoms with van der Waals surface area (Å²) in [6, 6.07) is 7.87. The van der Waals surface area contributed by atoms with Crippen molar-refractivity contribution in [2.45, 2.75) is 13.2 Å². The lowest BCUT2D eigenvalue weighted by Gasteiger charge is -2.12. The molecule has 1 N–H and O–H groups in total. The summed E-state index contributed by atoms with van der Waals surface area (Å²) < 4.78 is 5.33. The smallest absolute Gasteiger partial charge is 0.202 e. The third-order valence-corrected chi connectivity index (χ3v) is 5.22. The van der Waals surface area contributed by atoms with E-state index < -0.39 is 0 Å². The average Bonchev–Trinajstić information content (AvgIpc) is 3.06. The summed E-state index contributed by atoms with van der Waals surface area (Å²) in [4.78, 5) is 6.59. The molecule has 0 saturated carbocycles. The molecule has 0 amide bonds. The zero-order chi connectivity index (χ0) is 16.4. The van der Waals surface area contributed by atoms with E-state index in [1.807, 2.05) is 34.5 Å². The molecule has 0 aliphatic carbocycles. The van der Waals surface area contributed by atoms with E-state index in [1.54, 1.807) is 23.7 Å². The average molecular weight is 367 g/mol. The molecule has 8 heteroatoms. The molecule has 1 unspecified atom stereocenters. The van der Waals surface area contributed by atoms with Crippen LogP contribution in [0.5, 0.6) is 0 Å². The maximum Gasteiger partial charge on any atom is 0.202 e. The van der Waals surface area contributed by atoms with Crippen molar-refractivity contribution in [3.63, 3.8) is 0 Å². The number of quaternary nitrogens is 1. The Balaban J connectivity index is 1.79. The van der Waals surface area contributed by atoms with Gasteiger partial charge in [-0.2, -0.15) is 4.68 Å². The molecule has 0 bridgehead atoms. The molecule has 0 fully saturated rings. The van der Waals surface area contributed by atoms with E-state index >= 15 is 0 Å². The summed E-state index contributed by atoms with van der Waals surface area (Å²) >= 11 is 13.1. The topological polar surface area (TPSA) is 40.1 Å². The Hall–Kier alpha value is -1.54. The van der Waals surface area contributed by atoms with Crippen molar-refractivity contribution < 1.29 is 4.90 Å². The molecule has 0 radical (unpaired) electrons. The van der Waals surface area contributed by atoms with Crippen LogP contribution in [0.25, 0.3) is 11.4 Å². The maximum atomic E-state index is 5.99. The maximum absolute atomic E-state index is 5.99. The zero-order valence-corrected chi connectivity index (χ0v) is 15.3. The summed E-state index contributed by atoms with van der Waals surface area (Å²) in [6.45, 7) is 1.59. The molecule has 0 spiro atoms. The quantitative estimate of drug-likeness (QED) is 0.705. The molecule has 5 nitrogen and oxygen atoms in total. The van der Waals surface area contributed by atoms with Gasteiger partial charge in [0.25, 0.3) is 0 Å². The van der Waals surface area contributed by atoms with Crippen LogP contribution in [0.1, 0.15) is 4.88 Å². The molecule has 0 saturated heterocycles. The van der Waals surface area contributed by atoms with Gasteiger partial charge in [0.1, 0.15) is 6.54 Å². The first-order chi connectivity index (χ1) is 11.0. The van der Waals surface area contributed by atoms with Gasteiger partial charge in [0.05, 0.1) is 16.3 Å². The second kappa shape index (κ2) is 6.92. The van der Waals surface area contributed by atoms with Crippen LogP contribution in [0.15, 0.2) is 36.7 Å². The Morgan fingerprint density at radius 1 is 1.26 bits per heavy atom. The van der Waals surface area contributed by atoms with Crippen molar-refractivity contribution >= 4 is 35.2 Å².